The highest BCUT2D eigenvalue weighted by Crippen LogP contribution is 2.25. The van der Waals surface area contributed by atoms with Crippen LogP contribution in [0.5, 0.6) is 28.9 Å². The van der Waals surface area contributed by atoms with E-state index in [2.05, 4.69) is 44.4 Å². The molecule has 4 N–H and O–H groups in total. The number of hydrogen-bond acceptors (Lipinski definition) is 11. The van der Waals surface area contributed by atoms with Gasteiger partial charge in [0.1, 0.15) is 23.0 Å². The number of H-pyrrole nitrogens is 1. The molecule has 22 nitrogen and oxygen atoms in total. The van der Waals surface area contributed by atoms with Crippen molar-refractivity contribution in [1.29, 1.82) is 0 Å². The van der Waals surface area contributed by atoms with Crippen LogP contribution in [-0.4, -0.2) is 93.5 Å². The van der Waals surface area contributed by atoms with Crippen molar-refractivity contribution in [3.8, 4) is 34.6 Å². The van der Waals surface area contributed by atoms with Crippen molar-refractivity contribution in [2.45, 2.75) is 101 Å². The Labute approximate surface area is 610 Å². The summed E-state index contributed by atoms with van der Waals surface area (Å²) in [6, 6.07) is 47.7. The molecule has 0 radical (unpaired) electrons. The second-order valence-electron chi connectivity index (χ2n) is 21.1. The van der Waals surface area contributed by atoms with Crippen molar-refractivity contribution in [3.63, 3.8) is 0 Å². The number of carbonyl (C=O) groups excluding carboxylic acids is 1. The SMILES string of the molecule is C.C.CCn1ccc2c(=O)[nH]ccc21.CCn1ccc2c(=O)n(-c3ccc(OC(F)(F)F)cc3)ccc21.CCn1cccc1/C=C/C(=O)N=[N+]=[N-].CCn1cccc1/C=C/C(=O)O.CCn1cccc1OC.COC1=CC=CC1.OB(O)c1ccc(OC(F)(F)F)cc1.c1ccc(Oc2ccccc2)cc1. The summed E-state index contributed by atoms with van der Waals surface area (Å²) in [6.45, 7) is 14.4. The van der Waals surface area contributed by atoms with E-state index in [1.54, 1.807) is 50.9 Å². The molecule has 0 bridgehead atoms. The minimum absolute atomic E-state index is 0. The molecule has 0 fully saturated rings. The van der Waals surface area contributed by atoms with E-state index in [4.69, 9.17) is 34.9 Å². The minimum atomic E-state index is -4.74. The number of carbonyl (C=O) groups is 2. The molecule has 1 aliphatic carbocycles. The fraction of sp³-hybridized carbons (Fsp3) is 0.221. The number of aliphatic carboxylic acids is 1. The molecule has 0 aliphatic heterocycles. The first-order valence-corrected chi connectivity index (χ1v) is 32.2. The number of carboxylic acid groups (broad SMARTS) is 1. The second-order valence-corrected chi connectivity index (χ2v) is 21.1. The van der Waals surface area contributed by atoms with Crippen LogP contribution < -0.4 is 35.5 Å². The number of fused-ring (bicyclic) bond motifs is 2. The number of nitrogens with one attached hydrogen (secondary N) is 1. The van der Waals surface area contributed by atoms with Crippen LogP contribution in [0.2, 0.25) is 0 Å². The van der Waals surface area contributed by atoms with Crippen LogP contribution >= 0.6 is 0 Å². The topological polar surface area (TPSA) is 269 Å². The van der Waals surface area contributed by atoms with Crippen molar-refractivity contribution in [2.24, 2.45) is 5.11 Å². The summed E-state index contributed by atoms with van der Waals surface area (Å²) < 4.78 is 106. The Morgan fingerprint density at radius 1 is 0.566 bits per heavy atom. The lowest BCUT2D eigenvalue weighted by Gasteiger charge is -2.10. The van der Waals surface area contributed by atoms with Gasteiger partial charge < -0.3 is 66.7 Å². The third-order valence-corrected chi connectivity index (χ3v) is 14.4. The van der Waals surface area contributed by atoms with Gasteiger partial charge in [-0.3, -0.25) is 19.0 Å². The number of halogens is 6. The lowest BCUT2D eigenvalue weighted by atomic mass is 9.80. The normalized spacial score (nSPS) is 10.9. The zero-order valence-electron chi connectivity index (χ0n) is 57.9. The molecule has 0 saturated carbocycles. The van der Waals surface area contributed by atoms with Crippen LogP contribution in [0.1, 0.15) is 67.3 Å². The number of para-hydroxylation sites is 2. The Morgan fingerprint density at radius 2 is 1.05 bits per heavy atom. The third kappa shape index (κ3) is 29.9. The number of allylic oxidation sites excluding steroid dienone is 3. The maximum atomic E-state index is 12.5. The van der Waals surface area contributed by atoms with Crippen molar-refractivity contribution in [1.82, 2.24) is 32.4 Å². The van der Waals surface area contributed by atoms with Crippen LogP contribution in [0.3, 0.4) is 0 Å². The van der Waals surface area contributed by atoms with Gasteiger partial charge >= 0.3 is 25.8 Å². The number of aromatic amines is 1. The molecule has 29 heteroatoms. The van der Waals surface area contributed by atoms with Gasteiger partial charge in [0.05, 0.1) is 41.8 Å². The van der Waals surface area contributed by atoms with Gasteiger partial charge in [0.15, 0.2) is 5.88 Å². The molecule has 7 aromatic heterocycles. The van der Waals surface area contributed by atoms with Gasteiger partial charge in [0.2, 0.25) is 5.91 Å². The number of rotatable bonds is 17. The number of hydrogen-bond donors (Lipinski definition) is 4. The standard InChI is InChI=1S/C16H13F3N2O2.C12H10O.C9H10N4O.C9H10N2O.C9H11NO2.C7H6BF3O3.C7H11NO.C6H8O.2CH4/c1-2-20-9-7-13-14(20)8-10-21(15(13)22)11-3-5-12(6-4-11)23-16(17,18)19;1-3-7-11(8-4-1)13-12-9-5-2-6-10-12;1-2-13-7-3-4-8(13)5-6-9(14)11-12-10;1-2-11-6-4-7-8(11)3-5-10-9(7)12;1-2-10-7-3-4-8(10)5-6-9(11)12;9-7(10,11)14-6-3-1-5(2-4-6)8(12)13;1-3-8-6-4-5-7(8)9-2;1-7-6-4-2-3-5-6;;/h3-10H,2H2,1H3;1-10H;3-7H,2H2,1H3;3-6H,2H2,1H3,(H,10,12);3-7H,2H2,1H3,(H,11,12);1-4,12-13H;4-6H,3H2,1-2H3;2-4H,5H2,1H3;2*1H4/b;;6-5+;;6-5+;;;;;. The van der Waals surface area contributed by atoms with Crippen LogP contribution in [0, 0.1) is 0 Å². The Bertz CT molecular complexity index is 4640. The van der Waals surface area contributed by atoms with E-state index >= 15 is 0 Å². The summed E-state index contributed by atoms with van der Waals surface area (Å²) in [7, 11) is 1.68. The zero-order chi connectivity index (χ0) is 76.0. The predicted molar refractivity (Wildman–Crippen MR) is 403 cm³/mol. The number of amides is 1. The zero-order valence-corrected chi connectivity index (χ0v) is 57.9. The summed E-state index contributed by atoms with van der Waals surface area (Å²) in [4.78, 5) is 49.8. The highest BCUT2D eigenvalue weighted by molar-refractivity contribution is 6.58. The largest absolute Gasteiger partial charge is 0.573 e. The van der Waals surface area contributed by atoms with Gasteiger partial charge in [0, 0.05) is 111 Å². The number of nitrogens with zero attached hydrogens (tertiary/aromatic N) is 9. The third-order valence-electron chi connectivity index (χ3n) is 14.4. The number of pyridine rings is 2. The van der Waals surface area contributed by atoms with E-state index in [1.165, 1.54) is 34.9 Å². The van der Waals surface area contributed by atoms with Gasteiger partial charge in [-0.05, 0) is 196 Å². The average molecular weight is 1470 g/mol. The number of azide groups is 1. The van der Waals surface area contributed by atoms with E-state index in [0.717, 1.165) is 120 Å². The highest BCUT2D eigenvalue weighted by atomic mass is 19.4. The molecular weight excluding hydrogens is 1380 g/mol. The smallest absolute Gasteiger partial charge is 0.501 e. The van der Waals surface area contributed by atoms with E-state index in [1.807, 2.05) is 196 Å². The molecule has 12 rings (SSSR count). The van der Waals surface area contributed by atoms with Gasteiger partial charge in [-0.25, -0.2) is 4.79 Å². The predicted octanol–water partition coefficient (Wildman–Crippen LogP) is 17.0. The monoisotopic (exact) mass is 1470 g/mol. The highest BCUT2D eigenvalue weighted by Gasteiger charge is 2.32. The summed E-state index contributed by atoms with van der Waals surface area (Å²) >= 11 is 0. The molecule has 0 saturated heterocycles. The van der Waals surface area contributed by atoms with Gasteiger partial charge in [0.25, 0.3) is 11.1 Å². The molecule has 11 aromatic rings. The van der Waals surface area contributed by atoms with Crippen LogP contribution in [0.15, 0.2) is 264 Å². The Morgan fingerprint density at radius 3 is 1.48 bits per heavy atom. The van der Waals surface area contributed by atoms with Gasteiger partial charge in [-0.15, -0.1) is 26.3 Å². The summed E-state index contributed by atoms with van der Waals surface area (Å²) in [5.41, 5.74) is 12.0. The molecular formula is C77H87BF6N10O12. The lowest BCUT2D eigenvalue weighted by molar-refractivity contribution is -0.275. The first kappa shape index (κ1) is 87.9. The summed E-state index contributed by atoms with van der Waals surface area (Å²) in [5, 5.41) is 29.9. The fourth-order valence-corrected chi connectivity index (χ4v) is 9.40. The van der Waals surface area contributed by atoms with Crippen LogP contribution in [0.25, 0.3) is 50.1 Å². The first-order chi connectivity index (χ1) is 49.9. The van der Waals surface area contributed by atoms with Crippen molar-refractivity contribution in [3.05, 3.63) is 292 Å². The van der Waals surface area contributed by atoms with Gasteiger partial charge in [-0.2, -0.15) is 0 Å². The van der Waals surface area contributed by atoms with Crippen LogP contribution in [0.4, 0.5) is 26.3 Å². The van der Waals surface area contributed by atoms with E-state index in [9.17, 15) is 45.5 Å². The maximum absolute atomic E-state index is 12.5. The molecule has 562 valence electrons. The number of ether oxygens (including phenoxy) is 5. The van der Waals surface area contributed by atoms with Crippen molar-refractivity contribution < 1.29 is 74.8 Å². The lowest BCUT2D eigenvalue weighted by Crippen LogP contribution is -2.29. The quantitative estimate of drug-likeness (QED) is 0.0166. The van der Waals surface area contributed by atoms with Crippen molar-refractivity contribution in [2.75, 3.05) is 14.2 Å². The summed E-state index contributed by atoms with van der Waals surface area (Å²) in [5.74, 6) is 1.49. The van der Waals surface area contributed by atoms with E-state index < -0.39 is 37.5 Å². The molecule has 0 unspecified atom stereocenters. The fourth-order valence-electron chi connectivity index (χ4n) is 9.40. The van der Waals surface area contributed by atoms with Crippen LogP contribution in [-0.2, 0) is 47.0 Å². The first-order valence-electron chi connectivity index (χ1n) is 32.2. The number of methoxy groups -OCH3 is 2. The Balaban J connectivity index is 0.000000320. The molecule has 1 aliphatic rings. The number of aryl methyl sites for hydroxylation is 5. The number of alkyl halides is 6. The average Bonchev–Trinajstić information content (AvgIpc) is 1.61. The molecule has 0 spiro atoms. The number of aromatic nitrogens is 7. The Hall–Kier alpha value is -12.3. The molecule has 106 heavy (non-hydrogen) atoms. The van der Waals surface area contributed by atoms with E-state index in [-0.39, 0.29) is 37.2 Å². The van der Waals surface area contributed by atoms with E-state index in [0.29, 0.717) is 11.1 Å². The van der Waals surface area contributed by atoms with Gasteiger partial charge in [-0.1, -0.05) is 75.5 Å². The number of carboxylic acids is 1. The molecule has 7 heterocycles. The maximum Gasteiger partial charge on any atom is 0.573 e. The number of benzene rings is 4. The molecule has 0 atom stereocenters. The Kier molecular flexibility index (Phi) is 37.8. The molecule has 4 aromatic carbocycles. The summed E-state index contributed by atoms with van der Waals surface area (Å²) in [6.07, 6.45) is 16.0. The molecule has 1 amide bonds. The minimum Gasteiger partial charge on any atom is -0.501 e. The second kappa shape index (κ2) is 45.6. The van der Waals surface area contributed by atoms with Crippen molar-refractivity contribution >= 4 is 58.4 Å².